The molecule has 1 aromatic heterocycles. The molecule has 0 saturated heterocycles. The Hall–Kier alpha value is -3.10. The second-order valence-electron chi connectivity index (χ2n) is 7.82. The number of aliphatic hydroxyl groups excluding tert-OH is 1. The van der Waals surface area contributed by atoms with E-state index in [0.29, 0.717) is 6.54 Å². The van der Waals surface area contributed by atoms with Crippen LogP contribution < -0.4 is 4.90 Å². The number of benzene rings is 2. The third-order valence-electron chi connectivity index (χ3n) is 5.84. The van der Waals surface area contributed by atoms with Gasteiger partial charge in [0.05, 0.1) is 23.8 Å². The van der Waals surface area contributed by atoms with Gasteiger partial charge in [0.1, 0.15) is 5.76 Å². The van der Waals surface area contributed by atoms with Crippen LogP contribution >= 0.6 is 0 Å². The minimum absolute atomic E-state index is 0.0405. The lowest BCUT2D eigenvalue weighted by atomic mass is 9.97. The largest absolute Gasteiger partial charge is 0.395 e. The van der Waals surface area contributed by atoms with Gasteiger partial charge in [-0.15, -0.1) is 0 Å². The summed E-state index contributed by atoms with van der Waals surface area (Å²) >= 11 is 0. The van der Waals surface area contributed by atoms with Gasteiger partial charge in [-0.2, -0.15) is 5.26 Å². The first kappa shape index (κ1) is 19.2. The lowest BCUT2D eigenvalue weighted by Crippen LogP contribution is -2.22. The molecule has 3 aromatic rings. The summed E-state index contributed by atoms with van der Waals surface area (Å²) < 4.78 is 5.34. The molecule has 5 heteroatoms. The van der Waals surface area contributed by atoms with Gasteiger partial charge in [0.15, 0.2) is 0 Å². The maximum atomic E-state index is 9.71. The number of rotatable bonds is 6. The van der Waals surface area contributed by atoms with Crippen LogP contribution in [0.2, 0.25) is 0 Å². The van der Waals surface area contributed by atoms with E-state index < -0.39 is 0 Å². The minimum atomic E-state index is -0.292. The van der Waals surface area contributed by atoms with Crippen molar-refractivity contribution < 1.29 is 9.63 Å². The lowest BCUT2D eigenvalue weighted by molar-refractivity contribution is 0.305. The van der Waals surface area contributed by atoms with Crippen molar-refractivity contribution in [2.45, 2.75) is 39.0 Å². The molecule has 148 valence electrons. The summed E-state index contributed by atoms with van der Waals surface area (Å²) in [7, 11) is 0. The molecule has 0 atom stereocenters. The van der Waals surface area contributed by atoms with Gasteiger partial charge < -0.3 is 14.5 Å². The van der Waals surface area contributed by atoms with Gasteiger partial charge in [-0.25, -0.2) is 0 Å². The van der Waals surface area contributed by atoms with E-state index in [1.165, 1.54) is 0 Å². The van der Waals surface area contributed by atoms with E-state index in [9.17, 15) is 10.4 Å². The van der Waals surface area contributed by atoms with Crippen LogP contribution in [0.15, 0.2) is 47.0 Å². The van der Waals surface area contributed by atoms with E-state index in [4.69, 9.17) is 4.52 Å². The molecular weight excluding hydrogens is 362 g/mol. The molecule has 0 radical (unpaired) electrons. The first-order valence-electron chi connectivity index (χ1n) is 9.93. The molecule has 1 fully saturated rings. The van der Waals surface area contributed by atoms with Crippen molar-refractivity contribution >= 4 is 11.4 Å². The van der Waals surface area contributed by atoms with Crippen molar-refractivity contribution in [3.05, 3.63) is 65.0 Å². The van der Waals surface area contributed by atoms with Crippen LogP contribution in [0, 0.1) is 32.1 Å². The Morgan fingerprint density at radius 1 is 1.14 bits per heavy atom. The SMILES string of the molecule is Cc1ccc(-c2c(C)noc2C)cc1N(CCO)c1ccc(C2(C#N)CC2)cc1. The molecule has 1 aliphatic carbocycles. The van der Waals surface area contributed by atoms with Crippen LogP contribution in [0.25, 0.3) is 11.1 Å². The second-order valence-corrected chi connectivity index (χ2v) is 7.82. The van der Waals surface area contributed by atoms with Crippen LogP contribution in [0.3, 0.4) is 0 Å². The van der Waals surface area contributed by atoms with Crippen molar-refractivity contribution in [3.63, 3.8) is 0 Å². The van der Waals surface area contributed by atoms with Gasteiger partial charge in [0.2, 0.25) is 0 Å². The van der Waals surface area contributed by atoms with Gasteiger partial charge >= 0.3 is 0 Å². The van der Waals surface area contributed by atoms with Crippen LogP contribution in [-0.2, 0) is 5.41 Å². The number of aromatic nitrogens is 1. The molecular formula is C24H25N3O2. The van der Waals surface area contributed by atoms with Crippen molar-refractivity contribution in [2.24, 2.45) is 0 Å². The van der Waals surface area contributed by atoms with E-state index >= 15 is 0 Å². The Labute approximate surface area is 171 Å². The lowest BCUT2D eigenvalue weighted by Gasteiger charge is -2.27. The molecule has 0 unspecified atom stereocenters. The molecule has 0 spiro atoms. The first-order chi connectivity index (χ1) is 14.0. The van der Waals surface area contributed by atoms with Gasteiger partial charge in [-0.1, -0.05) is 29.4 Å². The summed E-state index contributed by atoms with van der Waals surface area (Å²) in [5.74, 6) is 0.793. The summed E-state index contributed by atoms with van der Waals surface area (Å²) in [5, 5.41) is 23.2. The van der Waals surface area contributed by atoms with E-state index in [1.54, 1.807) is 0 Å². The van der Waals surface area contributed by atoms with E-state index in [1.807, 2.05) is 38.1 Å². The molecule has 1 N–H and O–H groups in total. The molecule has 2 aromatic carbocycles. The smallest absolute Gasteiger partial charge is 0.141 e. The molecule has 0 aliphatic heterocycles. The number of aryl methyl sites for hydroxylation is 3. The highest BCUT2D eigenvalue weighted by atomic mass is 16.5. The summed E-state index contributed by atoms with van der Waals surface area (Å²) in [6.07, 6.45) is 1.86. The molecule has 1 saturated carbocycles. The average molecular weight is 387 g/mol. The quantitative estimate of drug-likeness (QED) is 0.648. The maximum Gasteiger partial charge on any atom is 0.141 e. The predicted molar refractivity (Wildman–Crippen MR) is 113 cm³/mol. The van der Waals surface area contributed by atoms with Gasteiger partial charge in [0.25, 0.3) is 0 Å². The zero-order chi connectivity index (χ0) is 20.6. The highest BCUT2D eigenvalue weighted by molar-refractivity contribution is 5.76. The maximum absolute atomic E-state index is 9.71. The number of nitrogens with zero attached hydrogens (tertiary/aromatic N) is 3. The summed E-state index contributed by atoms with van der Waals surface area (Å²) in [4.78, 5) is 2.12. The van der Waals surface area contributed by atoms with Crippen LogP contribution in [0.5, 0.6) is 0 Å². The molecule has 0 amide bonds. The van der Waals surface area contributed by atoms with Gasteiger partial charge in [-0.05, 0) is 68.5 Å². The Morgan fingerprint density at radius 3 is 2.41 bits per heavy atom. The highest BCUT2D eigenvalue weighted by Gasteiger charge is 2.44. The summed E-state index contributed by atoms with van der Waals surface area (Å²) in [5.41, 5.74) is 6.85. The Bertz CT molecular complexity index is 1050. The molecule has 1 aliphatic rings. The zero-order valence-electron chi connectivity index (χ0n) is 17.1. The molecule has 4 rings (SSSR count). The fourth-order valence-electron chi connectivity index (χ4n) is 3.99. The number of nitriles is 1. The van der Waals surface area contributed by atoms with Crippen molar-refractivity contribution in [1.29, 1.82) is 5.26 Å². The summed E-state index contributed by atoms with van der Waals surface area (Å²) in [6, 6.07) is 16.9. The number of hydrogen-bond acceptors (Lipinski definition) is 5. The van der Waals surface area contributed by atoms with Crippen molar-refractivity contribution in [3.8, 4) is 17.2 Å². The molecule has 1 heterocycles. The number of aliphatic hydroxyl groups is 1. The number of hydrogen-bond donors (Lipinski definition) is 1. The minimum Gasteiger partial charge on any atom is -0.395 e. The van der Waals surface area contributed by atoms with Gasteiger partial charge in [0, 0.05) is 23.5 Å². The fraction of sp³-hybridized carbons (Fsp3) is 0.333. The molecule has 0 bridgehead atoms. The van der Waals surface area contributed by atoms with E-state index in [0.717, 1.165) is 57.9 Å². The summed E-state index contributed by atoms with van der Waals surface area (Å²) in [6.45, 7) is 6.45. The third kappa shape index (κ3) is 3.41. The predicted octanol–water partition coefficient (Wildman–Crippen LogP) is 4.95. The Kier molecular flexibility index (Phi) is 4.89. The van der Waals surface area contributed by atoms with Crippen LogP contribution in [0.1, 0.15) is 35.4 Å². The monoisotopic (exact) mass is 387 g/mol. The van der Waals surface area contributed by atoms with Gasteiger partial charge in [-0.3, -0.25) is 0 Å². The molecule has 29 heavy (non-hydrogen) atoms. The normalized spacial score (nSPS) is 14.4. The van der Waals surface area contributed by atoms with Crippen LogP contribution in [-0.4, -0.2) is 23.4 Å². The topological polar surface area (TPSA) is 73.3 Å². The average Bonchev–Trinajstić information content (AvgIpc) is 3.47. The third-order valence-corrected chi connectivity index (χ3v) is 5.84. The van der Waals surface area contributed by atoms with Crippen LogP contribution in [0.4, 0.5) is 11.4 Å². The standard InChI is InChI=1S/C24H25N3O2/c1-16-4-5-19(23-17(2)26-29-18(23)3)14-22(16)27(12-13-28)21-8-6-20(7-9-21)24(15-25)10-11-24/h4-9,14,28H,10-13H2,1-3H3. The second kappa shape index (κ2) is 7.38. The van der Waals surface area contributed by atoms with E-state index in [-0.39, 0.29) is 12.0 Å². The Morgan fingerprint density at radius 2 is 1.86 bits per heavy atom. The highest BCUT2D eigenvalue weighted by Crippen LogP contribution is 2.48. The molecule has 5 nitrogen and oxygen atoms in total. The first-order valence-corrected chi connectivity index (χ1v) is 9.93. The van der Waals surface area contributed by atoms with Crippen molar-refractivity contribution in [1.82, 2.24) is 5.16 Å². The Balaban J connectivity index is 1.74. The zero-order valence-corrected chi connectivity index (χ0v) is 17.1. The fourth-order valence-corrected chi connectivity index (χ4v) is 3.99. The number of anilines is 2. The van der Waals surface area contributed by atoms with E-state index in [2.05, 4.69) is 41.2 Å². The van der Waals surface area contributed by atoms with Crippen molar-refractivity contribution in [2.75, 3.05) is 18.1 Å².